The zero-order valence-corrected chi connectivity index (χ0v) is 26.7. The third kappa shape index (κ3) is 5.28. The minimum atomic E-state index is -0.765. The van der Waals surface area contributed by atoms with Crippen molar-refractivity contribution in [3.8, 4) is 0 Å². The lowest BCUT2D eigenvalue weighted by Crippen LogP contribution is -2.57. The number of rotatable bonds is 6. The molecule has 2 aliphatic carbocycles. The Balaban J connectivity index is 2.85. The summed E-state index contributed by atoms with van der Waals surface area (Å²) < 4.78 is 0. The quantitative estimate of drug-likeness (QED) is 0.298. The van der Waals surface area contributed by atoms with E-state index in [9.17, 15) is 20.4 Å². The van der Waals surface area contributed by atoms with Crippen LogP contribution in [-0.4, -0.2) is 45.8 Å². The van der Waals surface area contributed by atoms with E-state index in [1.54, 1.807) is 0 Å². The van der Waals surface area contributed by atoms with Crippen LogP contribution in [0.1, 0.15) is 103 Å². The molecule has 4 nitrogen and oxygen atoms in total. The van der Waals surface area contributed by atoms with Crippen LogP contribution in [0.5, 0.6) is 0 Å². The molecule has 0 fully saturated rings. The zero-order valence-electron chi connectivity index (χ0n) is 26.7. The molecule has 38 heavy (non-hydrogen) atoms. The highest BCUT2D eigenvalue weighted by atomic mass is 16.3. The molecule has 0 heterocycles. The summed E-state index contributed by atoms with van der Waals surface area (Å²) >= 11 is 0. The highest BCUT2D eigenvalue weighted by molar-refractivity contribution is 5.47. The van der Waals surface area contributed by atoms with Gasteiger partial charge >= 0.3 is 0 Å². The maximum Gasteiger partial charge on any atom is 0.0859 e. The van der Waals surface area contributed by atoms with Crippen molar-refractivity contribution in [2.45, 2.75) is 115 Å². The Morgan fingerprint density at radius 2 is 0.868 bits per heavy atom. The van der Waals surface area contributed by atoms with E-state index in [1.165, 1.54) is 0 Å². The fraction of sp³-hybridized carbons (Fsp3) is 0.765. The number of hydrogen-bond donors (Lipinski definition) is 4. The van der Waals surface area contributed by atoms with Gasteiger partial charge in [-0.15, -0.1) is 0 Å². The topological polar surface area (TPSA) is 80.9 Å². The van der Waals surface area contributed by atoms with E-state index in [0.717, 1.165) is 22.3 Å². The molecule has 2 aliphatic rings. The molecule has 2 unspecified atom stereocenters. The van der Waals surface area contributed by atoms with Crippen LogP contribution in [0.2, 0.25) is 0 Å². The third-order valence-electron chi connectivity index (χ3n) is 9.79. The first-order chi connectivity index (χ1) is 17.0. The van der Waals surface area contributed by atoms with Gasteiger partial charge in [0, 0.05) is 30.0 Å². The van der Waals surface area contributed by atoms with Crippen molar-refractivity contribution >= 4 is 0 Å². The van der Waals surface area contributed by atoms with Crippen molar-refractivity contribution < 1.29 is 20.4 Å². The molecule has 0 saturated carbocycles. The first-order valence-corrected chi connectivity index (χ1v) is 14.5. The predicted octanol–water partition coefficient (Wildman–Crippen LogP) is 7.00. The number of allylic oxidation sites excluding steroid dienone is 2. The second-order valence-electron chi connectivity index (χ2n) is 15.9. The largest absolute Gasteiger partial charge is 0.396 e. The van der Waals surface area contributed by atoms with Crippen molar-refractivity contribution in [3.63, 3.8) is 0 Å². The molecule has 218 valence electrons. The molecule has 0 aromatic carbocycles. The van der Waals surface area contributed by atoms with Crippen LogP contribution in [0.25, 0.3) is 0 Å². The average Bonchev–Trinajstić information content (AvgIpc) is 2.72. The minimum Gasteiger partial charge on any atom is -0.396 e. The highest BCUT2D eigenvalue weighted by Crippen LogP contribution is 2.62. The predicted molar refractivity (Wildman–Crippen MR) is 160 cm³/mol. The van der Waals surface area contributed by atoms with Crippen LogP contribution in [0.15, 0.2) is 46.6 Å². The van der Waals surface area contributed by atoms with Gasteiger partial charge < -0.3 is 20.4 Å². The number of aliphatic hydroxyl groups is 4. The molecule has 4 N–H and O–H groups in total. The summed E-state index contributed by atoms with van der Waals surface area (Å²) in [7, 11) is 0. The molecule has 2 atom stereocenters. The normalized spacial score (nSPS) is 25.3. The highest BCUT2D eigenvalue weighted by Gasteiger charge is 2.59. The molecule has 0 aromatic heterocycles. The number of aliphatic hydroxyl groups excluding tert-OH is 4. The molecule has 2 rings (SSSR count). The SMILES string of the molecule is CC(C1=CC(CCO)=CC(C(C)(C)C)(C(C)(C)C)C1O)C1=CC(CCO)=CC(C(C)(C)C)(C(C)(C)C)C1O. The molecule has 0 aliphatic heterocycles. The average molecular weight is 531 g/mol. The lowest BCUT2D eigenvalue weighted by Gasteiger charge is -2.59. The first-order valence-electron chi connectivity index (χ1n) is 14.5. The van der Waals surface area contributed by atoms with Crippen LogP contribution in [0.4, 0.5) is 0 Å². The van der Waals surface area contributed by atoms with Gasteiger partial charge in [0.15, 0.2) is 0 Å². The van der Waals surface area contributed by atoms with Crippen molar-refractivity contribution in [2.75, 3.05) is 13.2 Å². The van der Waals surface area contributed by atoms with E-state index in [4.69, 9.17) is 0 Å². The van der Waals surface area contributed by atoms with Crippen LogP contribution < -0.4 is 0 Å². The molecule has 0 amide bonds. The van der Waals surface area contributed by atoms with E-state index in [1.807, 2.05) is 0 Å². The Kier molecular flexibility index (Phi) is 9.25. The summed E-state index contributed by atoms with van der Waals surface area (Å²) in [5.74, 6) is -0.238. The standard InChI is InChI=1S/C34H58O4/c1-22(25-18-23(14-16-35)20-33(27(25)37,29(2,3)4)30(5,6)7)26-19-24(15-17-36)21-34(28(26)38,31(8,9)10)32(11,12)13/h18-22,27-28,35-38H,14-17H2,1-13H3. The molecule has 4 heteroatoms. The van der Waals surface area contributed by atoms with E-state index in [-0.39, 0.29) is 40.8 Å². The summed E-state index contributed by atoms with van der Waals surface area (Å²) in [6, 6.07) is 0. The maximum atomic E-state index is 12.3. The lowest BCUT2D eigenvalue weighted by atomic mass is 9.46. The van der Waals surface area contributed by atoms with Gasteiger partial charge in [-0.1, -0.05) is 114 Å². The lowest BCUT2D eigenvalue weighted by molar-refractivity contribution is -0.0865. The Labute approximate surface area is 233 Å². The van der Waals surface area contributed by atoms with E-state index in [2.05, 4.69) is 114 Å². The van der Waals surface area contributed by atoms with Crippen molar-refractivity contribution in [1.82, 2.24) is 0 Å². The molecule has 0 aromatic rings. The van der Waals surface area contributed by atoms with E-state index >= 15 is 0 Å². The zero-order chi connectivity index (χ0) is 29.7. The van der Waals surface area contributed by atoms with Gasteiger partial charge in [-0.2, -0.15) is 0 Å². The van der Waals surface area contributed by atoms with Crippen LogP contribution in [0.3, 0.4) is 0 Å². The van der Waals surface area contributed by atoms with Gasteiger partial charge in [0.25, 0.3) is 0 Å². The summed E-state index contributed by atoms with van der Waals surface area (Å²) in [5.41, 5.74) is 1.56. The van der Waals surface area contributed by atoms with Crippen molar-refractivity contribution in [1.29, 1.82) is 0 Å². The van der Waals surface area contributed by atoms with Crippen LogP contribution >= 0.6 is 0 Å². The van der Waals surface area contributed by atoms with E-state index in [0.29, 0.717) is 12.8 Å². The first kappa shape index (κ1) is 33.0. The Bertz CT molecular complexity index is 871. The van der Waals surface area contributed by atoms with Crippen LogP contribution in [-0.2, 0) is 0 Å². The second-order valence-corrected chi connectivity index (χ2v) is 15.9. The molecular weight excluding hydrogens is 472 g/mol. The summed E-state index contributed by atoms with van der Waals surface area (Å²) in [6.07, 6.45) is 8.05. The van der Waals surface area contributed by atoms with Gasteiger partial charge in [-0.05, 0) is 56.8 Å². The smallest absolute Gasteiger partial charge is 0.0859 e. The molecule has 0 radical (unpaired) electrons. The van der Waals surface area contributed by atoms with Gasteiger partial charge in [0.1, 0.15) is 0 Å². The number of hydrogen-bond acceptors (Lipinski definition) is 4. The molecule has 0 spiro atoms. The van der Waals surface area contributed by atoms with Crippen molar-refractivity contribution in [3.05, 3.63) is 46.6 Å². The summed E-state index contributed by atoms with van der Waals surface area (Å²) in [5, 5.41) is 44.4. The van der Waals surface area contributed by atoms with Gasteiger partial charge in [0.2, 0.25) is 0 Å². The fourth-order valence-corrected chi connectivity index (χ4v) is 8.16. The third-order valence-corrected chi connectivity index (χ3v) is 9.79. The molecule has 0 saturated heterocycles. The fourth-order valence-electron chi connectivity index (χ4n) is 8.16. The van der Waals surface area contributed by atoms with Crippen LogP contribution in [0, 0.1) is 38.4 Å². The molecule has 0 bridgehead atoms. The minimum absolute atomic E-state index is 0.0380. The summed E-state index contributed by atoms with van der Waals surface area (Å²) in [6.45, 7) is 28.4. The van der Waals surface area contributed by atoms with E-state index < -0.39 is 23.0 Å². The Hall–Kier alpha value is -1.20. The maximum absolute atomic E-state index is 12.3. The van der Waals surface area contributed by atoms with Crippen molar-refractivity contribution in [2.24, 2.45) is 38.4 Å². The second kappa shape index (κ2) is 10.7. The Morgan fingerprint density at radius 3 is 1.08 bits per heavy atom. The molecular formula is C34H58O4. The Morgan fingerprint density at radius 1 is 0.605 bits per heavy atom. The van der Waals surface area contributed by atoms with Gasteiger partial charge in [-0.3, -0.25) is 0 Å². The monoisotopic (exact) mass is 530 g/mol. The van der Waals surface area contributed by atoms with Gasteiger partial charge in [-0.25, -0.2) is 0 Å². The van der Waals surface area contributed by atoms with Gasteiger partial charge in [0.05, 0.1) is 12.2 Å². The summed E-state index contributed by atoms with van der Waals surface area (Å²) in [4.78, 5) is 0.